The van der Waals surface area contributed by atoms with Crippen molar-refractivity contribution in [3.05, 3.63) is 41.5 Å². The molecule has 10 heteroatoms. The topological polar surface area (TPSA) is 108 Å². The smallest absolute Gasteiger partial charge is 0.475 e. The molecule has 0 saturated carbocycles. The Balaban J connectivity index is 0.000000633. The fourth-order valence-corrected chi connectivity index (χ4v) is 3.12. The number of carboxylic acid groups (broad SMARTS) is 1. The highest BCUT2D eigenvalue weighted by atomic mass is 19.4. The molecule has 1 saturated heterocycles. The van der Waals surface area contributed by atoms with Crippen molar-refractivity contribution in [2.24, 2.45) is 11.7 Å². The molecular weight excluding hydrogens is 431 g/mol. The number of hydrogen-bond donors (Lipinski definition) is 2. The van der Waals surface area contributed by atoms with Crippen molar-refractivity contribution in [2.45, 2.75) is 51.2 Å². The van der Waals surface area contributed by atoms with Gasteiger partial charge in [0.1, 0.15) is 12.2 Å². The van der Waals surface area contributed by atoms with Gasteiger partial charge in [-0.05, 0) is 17.5 Å². The highest BCUT2D eigenvalue weighted by Gasteiger charge is 2.40. The van der Waals surface area contributed by atoms with Crippen LogP contribution in [-0.2, 0) is 30.2 Å². The third kappa shape index (κ3) is 8.97. The second kappa shape index (κ2) is 13.2. The number of carbonyl (C=O) groups is 2. The largest absolute Gasteiger partial charge is 0.490 e. The summed E-state index contributed by atoms with van der Waals surface area (Å²) in [4.78, 5) is 20.6. The zero-order valence-corrected chi connectivity index (χ0v) is 18.3. The van der Waals surface area contributed by atoms with E-state index in [1.807, 2.05) is 19.1 Å². The van der Waals surface area contributed by atoms with Crippen LogP contribution in [0, 0.1) is 5.92 Å². The van der Waals surface area contributed by atoms with Gasteiger partial charge in [0.15, 0.2) is 6.10 Å². The molecule has 0 amide bonds. The maximum absolute atomic E-state index is 11.7. The van der Waals surface area contributed by atoms with E-state index in [0.717, 1.165) is 18.4 Å². The van der Waals surface area contributed by atoms with Crippen molar-refractivity contribution in [1.29, 1.82) is 0 Å². The lowest BCUT2D eigenvalue weighted by molar-refractivity contribution is -0.192. The van der Waals surface area contributed by atoms with Crippen molar-refractivity contribution in [3.63, 3.8) is 0 Å². The van der Waals surface area contributed by atoms with Crippen molar-refractivity contribution in [1.82, 2.24) is 0 Å². The summed E-state index contributed by atoms with van der Waals surface area (Å²) in [6.07, 6.45) is -0.0119. The summed E-state index contributed by atoms with van der Waals surface area (Å²) >= 11 is 0. The molecule has 0 aliphatic carbocycles. The Morgan fingerprint density at radius 3 is 2.31 bits per heavy atom. The zero-order valence-electron chi connectivity index (χ0n) is 18.3. The van der Waals surface area contributed by atoms with Crippen molar-refractivity contribution < 1.29 is 42.1 Å². The van der Waals surface area contributed by atoms with Gasteiger partial charge >= 0.3 is 18.1 Å². The summed E-state index contributed by atoms with van der Waals surface area (Å²) in [5, 5.41) is 7.12. The van der Waals surface area contributed by atoms with Crippen LogP contribution in [0.2, 0.25) is 0 Å². The van der Waals surface area contributed by atoms with Crippen LogP contribution in [0.25, 0.3) is 6.08 Å². The lowest BCUT2D eigenvalue weighted by Crippen LogP contribution is -2.52. The molecule has 0 unspecified atom stereocenters. The molecule has 2 rings (SSSR count). The number of rotatable bonds is 7. The molecule has 0 aromatic heterocycles. The van der Waals surface area contributed by atoms with E-state index in [9.17, 15) is 18.0 Å². The molecule has 3 N–H and O–H groups in total. The highest BCUT2D eigenvalue weighted by Crippen LogP contribution is 2.26. The second-order valence-corrected chi connectivity index (χ2v) is 7.29. The number of hydrogen-bond acceptors (Lipinski definition) is 6. The predicted molar refractivity (Wildman–Crippen MR) is 112 cm³/mol. The Bertz CT molecular complexity index is 751. The summed E-state index contributed by atoms with van der Waals surface area (Å²) in [6.45, 7) is 4.59. The van der Waals surface area contributed by atoms with Gasteiger partial charge in [-0.25, -0.2) is 4.79 Å². The van der Waals surface area contributed by atoms with Crippen LogP contribution >= 0.6 is 0 Å². The summed E-state index contributed by atoms with van der Waals surface area (Å²) in [5.74, 6) is -3.07. The van der Waals surface area contributed by atoms with Gasteiger partial charge in [0.05, 0.1) is 13.2 Å². The minimum atomic E-state index is -5.08. The molecule has 7 nitrogen and oxygen atoms in total. The number of methoxy groups -OCH3 is 1. The van der Waals surface area contributed by atoms with Gasteiger partial charge in [-0.15, -0.1) is 0 Å². The number of nitrogens with two attached hydrogens (primary N) is 1. The first-order chi connectivity index (χ1) is 15.0. The van der Waals surface area contributed by atoms with E-state index in [0.29, 0.717) is 6.61 Å². The monoisotopic (exact) mass is 461 g/mol. The lowest BCUT2D eigenvalue weighted by atomic mass is 9.92. The van der Waals surface area contributed by atoms with E-state index in [1.165, 1.54) is 5.56 Å². The third-order valence-electron chi connectivity index (χ3n) is 4.71. The van der Waals surface area contributed by atoms with Crippen molar-refractivity contribution in [2.75, 3.05) is 20.3 Å². The third-order valence-corrected chi connectivity index (χ3v) is 4.71. The van der Waals surface area contributed by atoms with Crippen LogP contribution in [0.1, 0.15) is 31.4 Å². The van der Waals surface area contributed by atoms with Gasteiger partial charge in [-0.3, -0.25) is 4.79 Å². The van der Waals surface area contributed by atoms with Crippen molar-refractivity contribution >= 4 is 18.0 Å². The molecule has 180 valence electrons. The number of carboxylic acids is 1. The predicted octanol–water partition coefficient (Wildman–Crippen LogP) is 3.21. The van der Waals surface area contributed by atoms with E-state index in [1.54, 1.807) is 7.11 Å². The molecule has 4 atom stereocenters. The molecule has 1 aliphatic heterocycles. The van der Waals surface area contributed by atoms with Gasteiger partial charge in [0.25, 0.3) is 0 Å². The molecule has 1 fully saturated rings. The van der Waals surface area contributed by atoms with E-state index >= 15 is 0 Å². The summed E-state index contributed by atoms with van der Waals surface area (Å²) < 4.78 is 48.7. The molecule has 1 heterocycles. The molecule has 1 aromatic rings. The number of benzene rings is 1. The Morgan fingerprint density at radius 1 is 1.25 bits per heavy atom. The standard InChI is InChI=1S/C20H29NO4.C2HF3O2/c1-4-5-15-6-8-16(9-7-15)10-11-17-20(25-18(22)12-21)19(23-3)14(2)13-24-17;3-2(4,5)1(6)7/h6-11,14,17,19-20H,4-5,12-13,21H2,1-3H3;(H,6,7)/t14-,17-,19-,20-;/m0./s1. The number of halogens is 3. The Morgan fingerprint density at radius 2 is 1.84 bits per heavy atom. The number of aryl methyl sites for hydroxylation is 1. The zero-order chi connectivity index (χ0) is 24.3. The van der Waals surface area contributed by atoms with Crippen LogP contribution in [-0.4, -0.2) is 61.8 Å². The van der Waals surface area contributed by atoms with E-state index in [4.69, 9.17) is 29.8 Å². The van der Waals surface area contributed by atoms with Gasteiger partial charge in [0.2, 0.25) is 0 Å². The lowest BCUT2D eigenvalue weighted by Gasteiger charge is -2.39. The van der Waals surface area contributed by atoms with E-state index < -0.39 is 24.2 Å². The Labute approximate surface area is 185 Å². The molecule has 0 radical (unpaired) electrons. The normalized spacial score (nSPS) is 23.3. The maximum Gasteiger partial charge on any atom is 0.490 e. The van der Waals surface area contributed by atoms with Gasteiger partial charge in [-0.1, -0.05) is 56.7 Å². The Hall–Kier alpha value is -2.43. The van der Waals surface area contributed by atoms with E-state index in [-0.39, 0.29) is 24.7 Å². The fourth-order valence-electron chi connectivity index (χ4n) is 3.12. The quantitative estimate of drug-likeness (QED) is 0.601. The number of carbonyl (C=O) groups excluding carboxylic acids is 1. The molecule has 32 heavy (non-hydrogen) atoms. The molecule has 0 spiro atoms. The first kappa shape index (κ1) is 27.6. The number of aliphatic carboxylic acids is 1. The molecule has 0 bridgehead atoms. The SMILES string of the molecule is CCCc1ccc(C=C[C@@H]2OC[C@H](C)[C@H](OC)[C@H]2OC(=O)CN)cc1.O=C(O)C(F)(F)F. The van der Waals surface area contributed by atoms with Gasteiger partial charge in [0, 0.05) is 13.0 Å². The molecular formula is C22H30F3NO6. The summed E-state index contributed by atoms with van der Waals surface area (Å²) in [5.41, 5.74) is 7.80. The van der Waals surface area contributed by atoms with Crippen LogP contribution < -0.4 is 5.73 Å². The highest BCUT2D eigenvalue weighted by molar-refractivity contribution is 5.73. The minimum Gasteiger partial charge on any atom is -0.475 e. The van der Waals surface area contributed by atoms with Crippen LogP contribution in [0.3, 0.4) is 0 Å². The number of alkyl halides is 3. The minimum absolute atomic E-state index is 0.138. The van der Waals surface area contributed by atoms with E-state index in [2.05, 4.69) is 31.2 Å². The molecule has 1 aromatic carbocycles. The number of esters is 1. The van der Waals surface area contributed by atoms with Gasteiger partial charge in [-0.2, -0.15) is 13.2 Å². The van der Waals surface area contributed by atoms with Crippen LogP contribution in [0.15, 0.2) is 30.3 Å². The first-order valence-corrected chi connectivity index (χ1v) is 10.1. The van der Waals surface area contributed by atoms with Crippen LogP contribution in [0.4, 0.5) is 13.2 Å². The second-order valence-electron chi connectivity index (χ2n) is 7.29. The summed E-state index contributed by atoms with van der Waals surface area (Å²) in [7, 11) is 1.63. The van der Waals surface area contributed by atoms with Gasteiger partial charge < -0.3 is 25.1 Å². The average Bonchev–Trinajstić information content (AvgIpc) is 2.74. The van der Waals surface area contributed by atoms with Crippen molar-refractivity contribution in [3.8, 4) is 0 Å². The number of ether oxygens (including phenoxy) is 3. The fraction of sp³-hybridized carbons (Fsp3) is 0.545. The average molecular weight is 461 g/mol. The van der Waals surface area contributed by atoms with Crippen LogP contribution in [0.5, 0.6) is 0 Å². The summed E-state index contributed by atoms with van der Waals surface area (Å²) in [6, 6.07) is 8.44. The Kier molecular flexibility index (Phi) is 11.4. The first-order valence-electron chi connectivity index (χ1n) is 10.1. The molecule has 1 aliphatic rings. The maximum atomic E-state index is 11.7.